The van der Waals surface area contributed by atoms with Crippen LogP contribution in [0.15, 0.2) is 0 Å². The van der Waals surface area contributed by atoms with Crippen LogP contribution in [0, 0.1) is 52.3 Å². The molecule has 0 radical (unpaired) electrons. The van der Waals surface area contributed by atoms with Gasteiger partial charge in [0.05, 0.1) is 11.7 Å². The molecular formula is C35H65NO2Si2. The van der Waals surface area contributed by atoms with Crippen LogP contribution < -0.4 is 0 Å². The van der Waals surface area contributed by atoms with Crippen LogP contribution >= 0.6 is 0 Å². The highest BCUT2D eigenvalue weighted by molar-refractivity contribution is 6.74. The minimum absolute atomic E-state index is 0.0155. The first-order valence-electron chi connectivity index (χ1n) is 17.2. The molecule has 0 saturated heterocycles. The zero-order valence-electron chi connectivity index (χ0n) is 28.3. The van der Waals surface area contributed by atoms with Crippen LogP contribution in [0.4, 0.5) is 0 Å². The van der Waals surface area contributed by atoms with Gasteiger partial charge in [-0.2, -0.15) is 5.26 Å². The van der Waals surface area contributed by atoms with E-state index in [0.717, 1.165) is 18.8 Å². The summed E-state index contributed by atoms with van der Waals surface area (Å²) in [6, 6.07) is 9.59. The highest BCUT2D eigenvalue weighted by Crippen LogP contribution is 2.60. The van der Waals surface area contributed by atoms with Crippen molar-refractivity contribution in [2.45, 2.75) is 175 Å². The molecule has 6 atom stereocenters. The highest BCUT2D eigenvalue weighted by atomic mass is 28.4. The van der Waals surface area contributed by atoms with E-state index in [-0.39, 0.29) is 5.60 Å². The monoisotopic (exact) mass is 587 g/mol. The van der Waals surface area contributed by atoms with E-state index in [1.807, 2.05) is 0 Å². The van der Waals surface area contributed by atoms with Crippen molar-refractivity contribution >= 4 is 16.6 Å². The molecule has 2 fully saturated rings. The number of nitriles is 1. The third kappa shape index (κ3) is 8.72. The summed E-state index contributed by atoms with van der Waals surface area (Å²) in [5.74, 6) is 9.55. The zero-order chi connectivity index (χ0) is 30.0. The maximum absolute atomic E-state index is 8.99. The molecule has 0 aliphatic heterocycles. The van der Waals surface area contributed by atoms with Crippen molar-refractivity contribution in [3.05, 3.63) is 0 Å². The van der Waals surface area contributed by atoms with Gasteiger partial charge < -0.3 is 8.85 Å². The molecule has 0 aromatic carbocycles. The highest BCUT2D eigenvalue weighted by Gasteiger charge is 2.55. The maximum atomic E-state index is 8.99. The molecule has 40 heavy (non-hydrogen) atoms. The lowest BCUT2D eigenvalue weighted by molar-refractivity contribution is -0.0346. The number of hydrogen-bond acceptors (Lipinski definition) is 3. The average Bonchev–Trinajstić information content (AvgIpc) is 3.29. The van der Waals surface area contributed by atoms with Crippen molar-refractivity contribution in [1.82, 2.24) is 0 Å². The van der Waals surface area contributed by atoms with Gasteiger partial charge in [-0.05, 0) is 105 Å². The van der Waals surface area contributed by atoms with Crippen molar-refractivity contribution in [3.8, 4) is 17.9 Å². The van der Waals surface area contributed by atoms with Crippen LogP contribution in [0.3, 0.4) is 0 Å². The van der Waals surface area contributed by atoms with E-state index in [1.165, 1.54) is 68.4 Å². The molecule has 5 heteroatoms. The first kappa shape index (κ1) is 35.6. The van der Waals surface area contributed by atoms with Gasteiger partial charge >= 0.3 is 0 Å². The number of unbranched alkanes of at least 4 members (excludes halogenated alkanes) is 1. The minimum Gasteiger partial charge on any atom is -0.414 e. The SMILES string of the molecule is CC[Si](CC)(CC)O[C@H]1C[C@H](C#CCCC#N)C[C@]2(C)[C@@H]([C@H](C)CCCC(C)(C)O[Si](CC)(CC)CC)CC[C@@H]12. The molecule has 0 aromatic heterocycles. The molecule has 0 bridgehead atoms. The number of rotatable bonds is 16. The van der Waals surface area contributed by atoms with Crippen molar-refractivity contribution in [1.29, 1.82) is 5.26 Å². The minimum atomic E-state index is -1.69. The van der Waals surface area contributed by atoms with Crippen LogP contribution in [0.25, 0.3) is 0 Å². The lowest BCUT2D eigenvalue weighted by atomic mass is 9.59. The second-order valence-corrected chi connectivity index (χ2v) is 23.7. The Bertz CT molecular complexity index is 846. The van der Waals surface area contributed by atoms with Crippen LogP contribution in [-0.4, -0.2) is 28.3 Å². The second kappa shape index (κ2) is 15.8. The van der Waals surface area contributed by atoms with Gasteiger partial charge in [0.25, 0.3) is 0 Å². The Hall–Kier alpha value is -0.596. The predicted octanol–water partition coefficient (Wildman–Crippen LogP) is 10.7. The van der Waals surface area contributed by atoms with Crippen molar-refractivity contribution in [2.24, 2.45) is 29.1 Å². The fraction of sp³-hybridized carbons (Fsp3) is 0.914. The fourth-order valence-electron chi connectivity index (χ4n) is 8.75. The Kier molecular flexibility index (Phi) is 14.0. The molecule has 0 amide bonds. The molecule has 230 valence electrons. The largest absolute Gasteiger partial charge is 0.414 e. The smallest absolute Gasteiger partial charge is 0.192 e. The molecular weight excluding hydrogens is 523 g/mol. The van der Waals surface area contributed by atoms with Crippen LogP contribution in [0.2, 0.25) is 36.3 Å². The van der Waals surface area contributed by atoms with Gasteiger partial charge in [0, 0.05) is 24.9 Å². The lowest BCUT2D eigenvalue weighted by Crippen LogP contribution is -2.50. The molecule has 2 rings (SSSR count). The lowest BCUT2D eigenvalue weighted by Gasteiger charge is -2.50. The summed E-state index contributed by atoms with van der Waals surface area (Å²) in [6.07, 6.45) is 10.3. The van der Waals surface area contributed by atoms with Crippen LogP contribution in [0.5, 0.6) is 0 Å². The number of fused-ring (bicyclic) bond motifs is 1. The summed E-state index contributed by atoms with van der Waals surface area (Å²) < 4.78 is 14.2. The molecule has 0 heterocycles. The van der Waals surface area contributed by atoms with Crippen LogP contribution in [-0.2, 0) is 8.85 Å². The van der Waals surface area contributed by atoms with Gasteiger partial charge in [0.15, 0.2) is 16.6 Å². The average molecular weight is 588 g/mol. The van der Waals surface area contributed by atoms with E-state index < -0.39 is 16.6 Å². The van der Waals surface area contributed by atoms with Crippen LogP contribution in [0.1, 0.15) is 127 Å². The summed E-state index contributed by atoms with van der Waals surface area (Å²) in [5, 5.41) is 8.99. The molecule has 0 N–H and O–H groups in total. The predicted molar refractivity (Wildman–Crippen MR) is 177 cm³/mol. The van der Waals surface area contributed by atoms with Gasteiger partial charge in [0.1, 0.15) is 0 Å². The topological polar surface area (TPSA) is 42.2 Å². The summed E-state index contributed by atoms with van der Waals surface area (Å²) in [4.78, 5) is 0. The van der Waals surface area contributed by atoms with Crippen molar-refractivity contribution < 1.29 is 8.85 Å². The quantitative estimate of drug-likeness (QED) is 0.102. The molecule has 0 spiro atoms. The maximum Gasteiger partial charge on any atom is 0.192 e. The van der Waals surface area contributed by atoms with Crippen molar-refractivity contribution in [3.63, 3.8) is 0 Å². The van der Waals surface area contributed by atoms with Gasteiger partial charge in [-0.25, -0.2) is 0 Å². The Morgan fingerprint density at radius 1 is 0.925 bits per heavy atom. The molecule has 2 saturated carbocycles. The summed E-state index contributed by atoms with van der Waals surface area (Å²) in [6.45, 7) is 23.9. The Balaban J connectivity index is 2.18. The first-order valence-corrected chi connectivity index (χ1v) is 22.2. The summed E-state index contributed by atoms with van der Waals surface area (Å²) in [7, 11) is -3.29. The molecule has 0 unspecified atom stereocenters. The van der Waals surface area contributed by atoms with E-state index in [1.54, 1.807) is 0 Å². The zero-order valence-corrected chi connectivity index (χ0v) is 30.3. The Labute approximate surface area is 252 Å². The van der Waals surface area contributed by atoms with Gasteiger partial charge in [-0.15, -0.1) is 5.92 Å². The third-order valence-electron chi connectivity index (χ3n) is 11.7. The molecule has 2 aliphatic carbocycles. The van der Waals surface area contributed by atoms with E-state index in [9.17, 15) is 0 Å². The molecule has 0 aromatic rings. The van der Waals surface area contributed by atoms with E-state index >= 15 is 0 Å². The second-order valence-electron chi connectivity index (χ2n) is 14.3. The Morgan fingerprint density at radius 2 is 1.52 bits per heavy atom. The Morgan fingerprint density at radius 3 is 2.08 bits per heavy atom. The van der Waals surface area contributed by atoms with Gasteiger partial charge in [0.2, 0.25) is 0 Å². The summed E-state index contributed by atoms with van der Waals surface area (Å²) >= 11 is 0. The van der Waals surface area contributed by atoms with Gasteiger partial charge in [-0.3, -0.25) is 0 Å². The number of nitrogens with zero attached hydrogens (tertiary/aromatic N) is 1. The number of hydrogen-bond donors (Lipinski definition) is 0. The van der Waals surface area contributed by atoms with Crippen molar-refractivity contribution in [2.75, 3.05) is 0 Å². The first-order chi connectivity index (χ1) is 18.9. The third-order valence-corrected chi connectivity index (χ3v) is 21.2. The molecule has 3 nitrogen and oxygen atoms in total. The van der Waals surface area contributed by atoms with E-state index in [2.05, 4.69) is 87.1 Å². The molecule has 2 aliphatic rings. The van der Waals surface area contributed by atoms with Gasteiger partial charge in [-0.1, -0.05) is 74.2 Å². The normalized spacial score (nSPS) is 27.9. The summed E-state index contributed by atoms with van der Waals surface area (Å²) in [5.41, 5.74) is 0.283. The standard InChI is InChI=1S/C35H65NO2Si2/c1-11-39(12-2,13-3)37-33-27-30(22-18-17-19-26-36)28-35(10)31(23-24-32(33)35)29(7)21-20-25-34(8,9)38-40(14-4,15-5)16-6/h29-33H,11-17,19-21,23-25,27-28H2,1-10H3/t29-,30+,31-,32+,33+,35-/m1/s1. The fourth-order valence-corrected chi connectivity index (χ4v) is 14.9. The van der Waals surface area contributed by atoms with E-state index in [4.69, 9.17) is 14.1 Å². The van der Waals surface area contributed by atoms with E-state index in [0.29, 0.717) is 42.1 Å².